The van der Waals surface area contributed by atoms with Gasteiger partial charge in [-0.1, -0.05) is 23.5 Å². The summed E-state index contributed by atoms with van der Waals surface area (Å²) < 4.78 is 2.37. The van der Waals surface area contributed by atoms with E-state index < -0.39 is 0 Å². The molecule has 0 radical (unpaired) electrons. The molecule has 152 valence electrons. The van der Waals surface area contributed by atoms with E-state index in [2.05, 4.69) is 14.6 Å². The molecule has 4 rings (SSSR count). The van der Waals surface area contributed by atoms with Gasteiger partial charge in [-0.3, -0.25) is 0 Å². The highest BCUT2D eigenvalue weighted by molar-refractivity contribution is 7.97. The van der Waals surface area contributed by atoms with Crippen LogP contribution in [-0.2, 0) is 0 Å². The third-order valence-electron chi connectivity index (χ3n) is 4.38. The van der Waals surface area contributed by atoms with Gasteiger partial charge in [0.05, 0.1) is 5.56 Å². The predicted octanol–water partition coefficient (Wildman–Crippen LogP) is 3.78. The largest absolute Gasteiger partial charge is 0.400 e. The molecule has 3 aromatic rings. The molecule has 8 heteroatoms. The van der Waals surface area contributed by atoms with Gasteiger partial charge in [0.15, 0.2) is 0 Å². The van der Waals surface area contributed by atoms with Crippen LogP contribution in [0.1, 0.15) is 23.2 Å². The Bertz CT molecular complexity index is 938. The zero-order valence-electron chi connectivity index (χ0n) is 16.2. The Labute approximate surface area is 178 Å². The minimum absolute atomic E-state index is 0.120. The van der Waals surface area contributed by atoms with Crippen molar-refractivity contribution in [2.45, 2.75) is 17.7 Å². The van der Waals surface area contributed by atoms with Gasteiger partial charge in [-0.15, -0.1) is 0 Å². The van der Waals surface area contributed by atoms with Gasteiger partial charge in [0.2, 0.25) is 0 Å². The molecule has 0 saturated carbocycles. The molecule has 0 aliphatic carbocycles. The van der Waals surface area contributed by atoms with Crippen LogP contribution in [0.3, 0.4) is 0 Å². The lowest BCUT2D eigenvalue weighted by Crippen LogP contribution is -2.17. The molecule has 2 aromatic carbocycles. The number of H-pyrrole nitrogens is 1. The zero-order valence-corrected chi connectivity index (χ0v) is 17.9. The maximum atomic E-state index is 12.5. The monoisotopic (exact) mass is 429 g/mol. The quantitative estimate of drug-likeness (QED) is 0.424. The smallest absolute Gasteiger partial charge is 0.339 e. The normalized spacial score (nSPS) is 13.6. The lowest BCUT2D eigenvalue weighted by Gasteiger charge is -2.12. The molecule has 1 amide bonds. The molecule has 0 spiro atoms. The van der Waals surface area contributed by atoms with Crippen LogP contribution in [0, 0.1) is 0 Å². The summed E-state index contributed by atoms with van der Waals surface area (Å²) in [6.45, 7) is 2.27. The minimum atomic E-state index is -0.120. The first kappa shape index (κ1) is 21.3. The van der Waals surface area contributed by atoms with Crippen LogP contribution in [0.5, 0.6) is 0 Å². The van der Waals surface area contributed by atoms with E-state index in [0.717, 1.165) is 31.5 Å². The molecule has 1 aliphatic heterocycles. The molecule has 1 fully saturated rings. The highest BCUT2D eigenvalue weighted by atomic mass is 32.2. The van der Waals surface area contributed by atoms with Gasteiger partial charge in [-0.25, -0.2) is 14.1 Å². The van der Waals surface area contributed by atoms with Crippen molar-refractivity contribution < 1.29 is 14.9 Å². The number of aliphatic hydroxyl groups is 1. The number of nitrogens with one attached hydrogen (secondary N) is 2. The number of aromatic amines is 1. The maximum Gasteiger partial charge on any atom is 0.339 e. The second-order valence-corrected chi connectivity index (χ2v) is 8.48. The van der Waals surface area contributed by atoms with Gasteiger partial charge in [0.1, 0.15) is 5.69 Å². The van der Waals surface area contributed by atoms with Crippen LogP contribution >= 0.6 is 23.3 Å². The van der Waals surface area contributed by atoms with Crippen LogP contribution in [0.15, 0.2) is 58.8 Å². The van der Waals surface area contributed by atoms with Crippen LogP contribution in [0.2, 0.25) is 0 Å². The van der Waals surface area contributed by atoms with E-state index in [0.29, 0.717) is 16.4 Å². The van der Waals surface area contributed by atoms with Crippen molar-refractivity contribution in [3.05, 3.63) is 59.5 Å². The van der Waals surface area contributed by atoms with Crippen molar-refractivity contribution in [2.24, 2.45) is 0 Å². The second kappa shape index (κ2) is 10.4. The Morgan fingerprint density at radius 2 is 1.90 bits per heavy atom. The van der Waals surface area contributed by atoms with E-state index in [1.165, 1.54) is 29.1 Å². The summed E-state index contributed by atoms with van der Waals surface area (Å²) in [6, 6.07) is 15.4. The third kappa shape index (κ3) is 5.80. The van der Waals surface area contributed by atoms with Gasteiger partial charge in [-0.2, -0.15) is 5.32 Å². The van der Waals surface area contributed by atoms with Crippen molar-refractivity contribution in [1.82, 2.24) is 4.31 Å². The summed E-state index contributed by atoms with van der Waals surface area (Å²) in [4.78, 5) is 16.9. The number of thiazole rings is 1. The first-order chi connectivity index (χ1) is 14.2. The number of carbonyl (C=O) groups excluding carboxylic acids is 1. The Balaban J connectivity index is 0.00000117. The van der Waals surface area contributed by atoms with E-state index >= 15 is 0 Å². The number of anilines is 2. The van der Waals surface area contributed by atoms with Gasteiger partial charge < -0.3 is 10.8 Å². The fourth-order valence-corrected chi connectivity index (χ4v) is 4.73. The van der Waals surface area contributed by atoms with Crippen LogP contribution in [0.4, 0.5) is 10.8 Å². The molecule has 0 atom stereocenters. The third-order valence-corrected chi connectivity index (χ3v) is 6.28. The minimum Gasteiger partial charge on any atom is -0.400 e. The number of nitrogens with two attached hydrogens (primary N) is 1. The van der Waals surface area contributed by atoms with Crippen molar-refractivity contribution in [3.8, 4) is 11.3 Å². The van der Waals surface area contributed by atoms with Crippen molar-refractivity contribution >= 4 is 40.0 Å². The van der Waals surface area contributed by atoms with E-state index in [9.17, 15) is 4.79 Å². The Hall–Kier alpha value is -2.39. The number of nitrogens with zero attached hydrogens (tertiary/aromatic N) is 1. The van der Waals surface area contributed by atoms with E-state index in [-0.39, 0.29) is 5.91 Å². The number of benzene rings is 2. The number of aliphatic hydroxyl groups excluding tert-OH is 1. The molecule has 2 heterocycles. The Kier molecular flexibility index (Phi) is 7.65. The van der Waals surface area contributed by atoms with Crippen LogP contribution in [-0.4, -0.2) is 35.5 Å². The molecule has 29 heavy (non-hydrogen) atoms. The van der Waals surface area contributed by atoms with Gasteiger partial charge in [-0.05, 0) is 61.2 Å². The SMILES string of the molecule is CO.Nc1cccc(-c2csc(NC(=O)c3ccc(SN4CCCC4)cc3)[nH+]2)c1. The molecule has 6 nitrogen and oxygen atoms in total. The van der Waals surface area contributed by atoms with Crippen molar-refractivity contribution in [1.29, 1.82) is 0 Å². The Morgan fingerprint density at radius 1 is 1.17 bits per heavy atom. The lowest BCUT2D eigenvalue weighted by molar-refractivity contribution is -0.340. The average Bonchev–Trinajstić information content (AvgIpc) is 3.42. The molecular formula is C21H25N4O2S2+. The highest BCUT2D eigenvalue weighted by Gasteiger charge is 2.17. The molecule has 1 aromatic heterocycles. The molecule has 0 bridgehead atoms. The van der Waals surface area contributed by atoms with Crippen LogP contribution in [0.25, 0.3) is 11.3 Å². The number of amides is 1. The first-order valence-electron chi connectivity index (χ1n) is 9.33. The zero-order chi connectivity index (χ0) is 20.6. The van der Waals surface area contributed by atoms with E-state index in [1.54, 1.807) is 11.9 Å². The van der Waals surface area contributed by atoms with Gasteiger partial charge in [0, 0.05) is 41.7 Å². The molecular weight excluding hydrogens is 404 g/mol. The summed E-state index contributed by atoms with van der Waals surface area (Å²) in [7, 11) is 1.00. The summed E-state index contributed by atoms with van der Waals surface area (Å²) >= 11 is 3.22. The molecule has 1 saturated heterocycles. The standard InChI is InChI=1S/C20H20N4OS2.CH4O/c21-16-5-3-4-15(12-16)18-13-26-20(22-18)23-19(25)14-6-8-17(9-7-14)27-24-10-1-2-11-24;1-2/h3-9,12-13H,1-2,10-11,21H2,(H,22,23,25);2H,1H3/p+1. The van der Waals surface area contributed by atoms with E-state index in [1.807, 2.05) is 53.9 Å². The second-order valence-electron chi connectivity index (χ2n) is 6.43. The maximum absolute atomic E-state index is 12.5. The molecule has 1 aliphatic rings. The van der Waals surface area contributed by atoms with E-state index in [4.69, 9.17) is 10.8 Å². The number of hydrogen-bond acceptors (Lipinski definition) is 6. The molecule has 0 unspecified atom stereocenters. The summed E-state index contributed by atoms with van der Waals surface area (Å²) in [6.07, 6.45) is 2.53. The molecule has 5 N–H and O–H groups in total. The number of carbonyl (C=O) groups is 1. The Morgan fingerprint density at radius 3 is 2.59 bits per heavy atom. The van der Waals surface area contributed by atoms with Crippen molar-refractivity contribution in [3.63, 3.8) is 0 Å². The number of aromatic nitrogens is 1. The topological polar surface area (TPSA) is 92.7 Å². The summed E-state index contributed by atoms with van der Waals surface area (Å²) in [5.74, 6) is -0.120. The first-order valence-corrected chi connectivity index (χ1v) is 11.0. The van der Waals surface area contributed by atoms with Crippen LogP contribution < -0.4 is 16.0 Å². The number of hydrogen-bond donors (Lipinski definition) is 3. The predicted molar refractivity (Wildman–Crippen MR) is 120 cm³/mol. The van der Waals surface area contributed by atoms with Crippen molar-refractivity contribution in [2.75, 3.05) is 31.2 Å². The summed E-state index contributed by atoms with van der Waals surface area (Å²) in [5, 5.41) is 12.6. The fourth-order valence-electron chi connectivity index (χ4n) is 2.98. The fraction of sp³-hybridized carbons (Fsp3) is 0.238. The summed E-state index contributed by atoms with van der Waals surface area (Å²) in [5.41, 5.74) is 9.12. The number of rotatable bonds is 5. The van der Waals surface area contributed by atoms with Gasteiger partial charge >= 0.3 is 11.0 Å². The number of nitrogen functional groups attached to an aromatic ring is 1. The lowest BCUT2D eigenvalue weighted by atomic mass is 10.1. The highest BCUT2D eigenvalue weighted by Crippen LogP contribution is 2.27. The van der Waals surface area contributed by atoms with Gasteiger partial charge in [0.25, 0.3) is 0 Å². The average molecular weight is 430 g/mol.